The maximum absolute atomic E-state index is 12.3. The van der Waals surface area contributed by atoms with E-state index in [-0.39, 0.29) is 18.4 Å². The number of nitrogens with one attached hydrogen (secondary N) is 2. The maximum Gasteiger partial charge on any atom is 0.330 e. The Bertz CT molecular complexity index is 385. The summed E-state index contributed by atoms with van der Waals surface area (Å²) in [6, 6.07) is -1.10. The lowest BCUT2D eigenvalue weighted by Gasteiger charge is -2.35. The largest absolute Gasteiger partial charge is 0.464 e. The molecule has 2 saturated heterocycles. The number of esters is 1. The first kappa shape index (κ1) is 13.8. The zero-order valence-electron chi connectivity index (χ0n) is 11.0. The highest BCUT2D eigenvalue weighted by atomic mass is 16.5. The Morgan fingerprint density at radius 3 is 2.89 bits per heavy atom. The van der Waals surface area contributed by atoms with Crippen molar-refractivity contribution in [3.8, 4) is 0 Å². The van der Waals surface area contributed by atoms with Crippen molar-refractivity contribution in [2.24, 2.45) is 0 Å². The summed E-state index contributed by atoms with van der Waals surface area (Å²) in [6.45, 7) is 3.51. The Hall–Kier alpha value is -1.63. The van der Waals surface area contributed by atoms with Gasteiger partial charge in [-0.2, -0.15) is 0 Å². The molecule has 2 aliphatic rings. The molecule has 1 unspecified atom stereocenters. The molecule has 0 spiro atoms. The van der Waals surface area contributed by atoms with Gasteiger partial charge < -0.3 is 20.3 Å². The van der Waals surface area contributed by atoms with Gasteiger partial charge >= 0.3 is 5.97 Å². The van der Waals surface area contributed by atoms with Crippen molar-refractivity contribution in [2.75, 3.05) is 26.2 Å². The van der Waals surface area contributed by atoms with E-state index in [2.05, 4.69) is 10.6 Å². The SMILES string of the molecule is CCOC(=O)C1CNCCN1C(=O)[C@H]1CCC(=O)N1. The molecule has 2 amide bonds. The summed E-state index contributed by atoms with van der Waals surface area (Å²) >= 11 is 0. The molecule has 0 aromatic heterocycles. The number of carbonyl (C=O) groups excluding carboxylic acids is 3. The second-order valence-electron chi connectivity index (χ2n) is 4.66. The summed E-state index contributed by atoms with van der Waals surface area (Å²) in [7, 11) is 0. The Morgan fingerprint density at radius 2 is 2.26 bits per heavy atom. The van der Waals surface area contributed by atoms with Crippen molar-refractivity contribution in [3.05, 3.63) is 0 Å². The van der Waals surface area contributed by atoms with Crippen LogP contribution < -0.4 is 10.6 Å². The topological polar surface area (TPSA) is 87.7 Å². The van der Waals surface area contributed by atoms with Crippen LogP contribution in [0.3, 0.4) is 0 Å². The highest BCUT2D eigenvalue weighted by Gasteiger charge is 2.38. The minimum absolute atomic E-state index is 0.110. The summed E-state index contributed by atoms with van der Waals surface area (Å²) in [6.07, 6.45) is 0.865. The maximum atomic E-state index is 12.3. The lowest BCUT2D eigenvalue weighted by molar-refractivity contribution is -0.156. The van der Waals surface area contributed by atoms with Crippen LogP contribution in [0.4, 0.5) is 0 Å². The molecule has 2 aliphatic heterocycles. The van der Waals surface area contributed by atoms with Gasteiger partial charge in [-0.1, -0.05) is 0 Å². The Kier molecular flexibility index (Phi) is 4.36. The molecular formula is C12H19N3O4. The third-order valence-corrected chi connectivity index (χ3v) is 3.38. The molecule has 2 atom stereocenters. The molecule has 2 N–H and O–H groups in total. The number of nitrogens with zero attached hydrogens (tertiary/aromatic N) is 1. The summed E-state index contributed by atoms with van der Waals surface area (Å²) in [5, 5.41) is 5.72. The summed E-state index contributed by atoms with van der Waals surface area (Å²) in [4.78, 5) is 36.9. The molecule has 7 nitrogen and oxygen atoms in total. The van der Waals surface area contributed by atoms with Crippen molar-refractivity contribution in [2.45, 2.75) is 31.8 Å². The van der Waals surface area contributed by atoms with Crippen molar-refractivity contribution in [3.63, 3.8) is 0 Å². The Morgan fingerprint density at radius 1 is 1.47 bits per heavy atom. The van der Waals surface area contributed by atoms with E-state index in [1.807, 2.05) is 0 Å². The van der Waals surface area contributed by atoms with E-state index in [1.165, 1.54) is 4.90 Å². The first-order chi connectivity index (χ1) is 9.13. The number of ether oxygens (including phenoxy) is 1. The van der Waals surface area contributed by atoms with E-state index in [0.717, 1.165) is 0 Å². The van der Waals surface area contributed by atoms with Crippen LogP contribution in [0.5, 0.6) is 0 Å². The van der Waals surface area contributed by atoms with Gasteiger partial charge in [0.05, 0.1) is 6.61 Å². The molecule has 0 aromatic carbocycles. The van der Waals surface area contributed by atoms with Gasteiger partial charge in [-0.3, -0.25) is 9.59 Å². The van der Waals surface area contributed by atoms with Crippen molar-refractivity contribution < 1.29 is 19.1 Å². The van der Waals surface area contributed by atoms with Gasteiger partial charge in [-0.15, -0.1) is 0 Å². The lowest BCUT2D eigenvalue weighted by Crippen LogP contribution is -2.60. The lowest BCUT2D eigenvalue weighted by atomic mass is 10.1. The van der Waals surface area contributed by atoms with E-state index in [4.69, 9.17) is 4.74 Å². The standard InChI is InChI=1S/C12H19N3O4/c1-2-19-12(18)9-7-13-5-6-15(9)11(17)8-3-4-10(16)14-8/h8-9,13H,2-7H2,1H3,(H,14,16)/t8-,9?/m1/s1. The molecule has 0 saturated carbocycles. The number of carbonyl (C=O) groups is 3. The highest BCUT2D eigenvalue weighted by Crippen LogP contribution is 2.14. The van der Waals surface area contributed by atoms with E-state index in [9.17, 15) is 14.4 Å². The zero-order chi connectivity index (χ0) is 13.8. The molecule has 19 heavy (non-hydrogen) atoms. The third-order valence-electron chi connectivity index (χ3n) is 3.38. The molecule has 0 aromatic rings. The van der Waals surface area contributed by atoms with Gasteiger partial charge in [-0.05, 0) is 13.3 Å². The van der Waals surface area contributed by atoms with Crippen LogP contribution in [0.1, 0.15) is 19.8 Å². The molecule has 0 aliphatic carbocycles. The van der Waals surface area contributed by atoms with Crippen LogP contribution >= 0.6 is 0 Å². The monoisotopic (exact) mass is 269 g/mol. The van der Waals surface area contributed by atoms with E-state index < -0.39 is 18.1 Å². The fourth-order valence-corrected chi connectivity index (χ4v) is 2.42. The van der Waals surface area contributed by atoms with Crippen LogP contribution in [0.25, 0.3) is 0 Å². The molecule has 0 radical (unpaired) electrons. The van der Waals surface area contributed by atoms with E-state index in [0.29, 0.717) is 32.5 Å². The average Bonchev–Trinajstić information content (AvgIpc) is 2.85. The molecule has 2 rings (SSSR count). The molecule has 0 bridgehead atoms. The van der Waals surface area contributed by atoms with E-state index in [1.54, 1.807) is 6.92 Å². The molecule has 7 heteroatoms. The Balaban J connectivity index is 2.04. The molecule has 106 valence electrons. The minimum atomic E-state index is -0.598. The van der Waals surface area contributed by atoms with Gasteiger partial charge in [-0.25, -0.2) is 4.79 Å². The van der Waals surface area contributed by atoms with Gasteiger partial charge in [0.1, 0.15) is 12.1 Å². The number of amides is 2. The zero-order valence-corrected chi connectivity index (χ0v) is 11.0. The second-order valence-corrected chi connectivity index (χ2v) is 4.66. The Labute approximate surface area is 111 Å². The predicted molar refractivity (Wildman–Crippen MR) is 66.2 cm³/mol. The van der Waals surface area contributed by atoms with Gasteiger partial charge in [0.15, 0.2) is 0 Å². The van der Waals surface area contributed by atoms with Crippen LogP contribution in [-0.4, -0.2) is 61.0 Å². The normalized spacial score (nSPS) is 27.0. The first-order valence-electron chi connectivity index (χ1n) is 6.60. The second kappa shape index (κ2) is 6.01. The summed E-state index contributed by atoms with van der Waals surface area (Å²) < 4.78 is 4.99. The van der Waals surface area contributed by atoms with Crippen molar-refractivity contribution >= 4 is 17.8 Å². The highest BCUT2D eigenvalue weighted by molar-refractivity contribution is 5.93. The summed E-state index contributed by atoms with van der Waals surface area (Å²) in [5.41, 5.74) is 0. The van der Waals surface area contributed by atoms with E-state index >= 15 is 0 Å². The minimum Gasteiger partial charge on any atom is -0.464 e. The number of hydrogen-bond donors (Lipinski definition) is 2. The average molecular weight is 269 g/mol. The summed E-state index contributed by atoms with van der Waals surface area (Å²) in [5.74, 6) is -0.695. The molecular weight excluding hydrogens is 250 g/mol. The number of hydrogen-bond acceptors (Lipinski definition) is 5. The fourth-order valence-electron chi connectivity index (χ4n) is 2.42. The first-order valence-corrected chi connectivity index (χ1v) is 6.60. The number of rotatable bonds is 3. The molecule has 2 heterocycles. The van der Waals surface area contributed by atoms with Crippen LogP contribution in [0, 0.1) is 0 Å². The van der Waals surface area contributed by atoms with Gasteiger partial charge in [0.2, 0.25) is 11.8 Å². The van der Waals surface area contributed by atoms with Gasteiger partial charge in [0, 0.05) is 26.1 Å². The van der Waals surface area contributed by atoms with Crippen LogP contribution in [0.15, 0.2) is 0 Å². The number of piperazine rings is 1. The fraction of sp³-hybridized carbons (Fsp3) is 0.750. The smallest absolute Gasteiger partial charge is 0.330 e. The molecule has 2 fully saturated rings. The van der Waals surface area contributed by atoms with Crippen molar-refractivity contribution in [1.29, 1.82) is 0 Å². The van der Waals surface area contributed by atoms with Crippen LogP contribution in [-0.2, 0) is 19.1 Å². The van der Waals surface area contributed by atoms with Crippen LogP contribution in [0.2, 0.25) is 0 Å². The van der Waals surface area contributed by atoms with Crippen molar-refractivity contribution in [1.82, 2.24) is 15.5 Å². The van der Waals surface area contributed by atoms with Gasteiger partial charge in [0.25, 0.3) is 0 Å². The quantitative estimate of drug-likeness (QED) is 0.617. The predicted octanol–water partition coefficient (Wildman–Crippen LogP) is -1.37. The third kappa shape index (κ3) is 3.04.